The number of aromatic nitrogens is 2. The van der Waals surface area contributed by atoms with Crippen LogP contribution in [0.15, 0.2) is 28.7 Å². The van der Waals surface area contributed by atoms with Crippen LogP contribution in [0.3, 0.4) is 0 Å². The van der Waals surface area contributed by atoms with Crippen molar-refractivity contribution in [1.29, 1.82) is 0 Å². The molecule has 0 atom stereocenters. The molecule has 2 rings (SSSR count). The summed E-state index contributed by atoms with van der Waals surface area (Å²) in [5.74, 6) is -0.707. The number of anilines is 1. The van der Waals surface area contributed by atoms with E-state index in [-0.39, 0.29) is 5.56 Å². The van der Waals surface area contributed by atoms with Crippen molar-refractivity contribution in [1.82, 2.24) is 10.2 Å². The van der Waals surface area contributed by atoms with E-state index in [2.05, 4.69) is 31.4 Å². The van der Waals surface area contributed by atoms with Crippen molar-refractivity contribution < 1.29 is 9.18 Å². The number of amides is 1. The topological polar surface area (TPSA) is 57.8 Å². The van der Waals surface area contributed by atoms with Crippen LogP contribution in [-0.4, -0.2) is 16.1 Å². The van der Waals surface area contributed by atoms with E-state index < -0.39 is 11.7 Å². The summed E-state index contributed by atoms with van der Waals surface area (Å²) in [6.07, 6.45) is 0.787. The lowest BCUT2D eigenvalue weighted by Gasteiger charge is -2.03. The largest absolute Gasteiger partial charge is 0.305 e. The van der Waals surface area contributed by atoms with E-state index in [4.69, 9.17) is 0 Å². The van der Waals surface area contributed by atoms with Gasteiger partial charge in [0.15, 0.2) is 5.82 Å². The van der Waals surface area contributed by atoms with Gasteiger partial charge in [0.05, 0.1) is 5.56 Å². The molecule has 1 heterocycles. The summed E-state index contributed by atoms with van der Waals surface area (Å²) in [5.41, 5.74) is 0.890. The van der Waals surface area contributed by atoms with Crippen molar-refractivity contribution in [2.24, 2.45) is 0 Å². The van der Waals surface area contributed by atoms with Gasteiger partial charge in [0.2, 0.25) is 0 Å². The predicted molar refractivity (Wildman–Crippen MR) is 70.0 cm³/mol. The second-order valence-corrected chi connectivity index (χ2v) is 4.63. The molecule has 0 aliphatic heterocycles. The van der Waals surface area contributed by atoms with Crippen molar-refractivity contribution in [3.05, 3.63) is 45.8 Å². The first kappa shape index (κ1) is 12.8. The Hall–Kier alpha value is -1.69. The number of rotatable bonds is 3. The molecule has 0 aliphatic carbocycles. The normalized spacial score (nSPS) is 10.4. The number of nitrogens with one attached hydrogen (secondary N) is 2. The van der Waals surface area contributed by atoms with Crippen LogP contribution in [0, 0.1) is 5.82 Å². The molecule has 0 unspecified atom stereocenters. The molecule has 1 amide bonds. The number of carbonyl (C=O) groups excluding carboxylic acids is 1. The van der Waals surface area contributed by atoms with Gasteiger partial charge in [-0.1, -0.05) is 22.9 Å². The smallest absolute Gasteiger partial charge is 0.259 e. The van der Waals surface area contributed by atoms with E-state index in [9.17, 15) is 9.18 Å². The Morgan fingerprint density at radius 1 is 1.50 bits per heavy atom. The third kappa shape index (κ3) is 2.76. The molecule has 0 spiro atoms. The van der Waals surface area contributed by atoms with Gasteiger partial charge in [-0.3, -0.25) is 9.89 Å². The Morgan fingerprint density at radius 2 is 2.28 bits per heavy atom. The van der Waals surface area contributed by atoms with Crippen molar-refractivity contribution in [3.8, 4) is 0 Å². The summed E-state index contributed by atoms with van der Waals surface area (Å²) in [4.78, 5) is 11.8. The van der Waals surface area contributed by atoms with E-state index in [0.717, 1.165) is 12.1 Å². The number of aromatic amines is 1. The van der Waals surface area contributed by atoms with E-state index >= 15 is 0 Å². The summed E-state index contributed by atoms with van der Waals surface area (Å²) in [6.45, 7) is 1.97. The first-order valence-corrected chi connectivity index (χ1v) is 6.20. The molecule has 1 aromatic heterocycles. The molecule has 4 nitrogen and oxygen atoms in total. The van der Waals surface area contributed by atoms with Crippen molar-refractivity contribution in [2.75, 3.05) is 5.32 Å². The van der Waals surface area contributed by atoms with Crippen LogP contribution in [0.4, 0.5) is 10.2 Å². The third-order valence-corrected chi connectivity index (χ3v) is 2.92. The number of carbonyl (C=O) groups is 1. The summed E-state index contributed by atoms with van der Waals surface area (Å²) in [6, 6.07) is 5.99. The number of halogens is 2. The number of H-pyrrole nitrogens is 1. The van der Waals surface area contributed by atoms with Crippen LogP contribution in [0.25, 0.3) is 0 Å². The van der Waals surface area contributed by atoms with Crippen LogP contribution in [0.2, 0.25) is 0 Å². The number of hydrogen-bond donors (Lipinski definition) is 2. The van der Waals surface area contributed by atoms with Gasteiger partial charge >= 0.3 is 0 Å². The summed E-state index contributed by atoms with van der Waals surface area (Å²) in [5, 5.41) is 9.22. The number of benzene rings is 1. The molecule has 94 valence electrons. The standard InChI is InChI=1S/C12H11BrFN3O/c1-2-8-6-11(17-16-8)15-12(18)9-4-3-7(13)5-10(9)14/h3-6H,2H2,1H3,(H2,15,16,17,18). The molecule has 2 aromatic rings. The summed E-state index contributed by atoms with van der Waals surface area (Å²) >= 11 is 3.14. The van der Waals surface area contributed by atoms with Crippen LogP contribution >= 0.6 is 15.9 Å². The molecular weight excluding hydrogens is 301 g/mol. The SMILES string of the molecule is CCc1cc(NC(=O)c2ccc(Br)cc2F)n[nH]1. The fourth-order valence-electron chi connectivity index (χ4n) is 1.46. The van der Waals surface area contributed by atoms with Gasteiger partial charge in [0.25, 0.3) is 5.91 Å². The predicted octanol–water partition coefficient (Wildman–Crippen LogP) is 3.13. The third-order valence-electron chi connectivity index (χ3n) is 2.43. The molecule has 0 saturated carbocycles. The quantitative estimate of drug-likeness (QED) is 0.915. The monoisotopic (exact) mass is 311 g/mol. The fraction of sp³-hybridized carbons (Fsp3) is 0.167. The minimum absolute atomic E-state index is 0.0146. The second-order valence-electron chi connectivity index (χ2n) is 3.71. The molecule has 0 bridgehead atoms. The highest BCUT2D eigenvalue weighted by molar-refractivity contribution is 9.10. The number of nitrogens with zero attached hydrogens (tertiary/aromatic N) is 1. The van der Waals surface area contributed by atoms with E-state index in [1.807, 2.05) is 6.92 Å². The second kappa shape index (κ2) is 5.30. The lowest BCUT2D eigenvalue weighted by atomic mass is 10.2. The molecule has 6 heteroatoms. The first-order valence-electron chi connectivity index (χ1n) is 5.41. The van der Waals surface area contributed by atoms with E-state index in [0.29, 0.717) is 10.3 Å². The van der Waals surface area contributed by atoms with Crippen LogP contribution in [-0.2, 0) is 6.42 Å². The highest BCUT2D eigenvalue weighted by Crippen LogP contribution is 2.16. The Morgan fingerprint density at radius 3 is 2.89 bits per heavy atom. The van der Waals surface area contributed by atoms with Crippen molar-refractivity contribution in [3.63, 3.8) is 0 Å². The van der Waals surface area contributed by atoms with Crippen molar-refractivity contribution in [2.45, 2.75) is 13.3 Å². The van der Waals surface area contributed by atoms with Gasteiger partial charge in [-0.15, -0.1) is 0 Å². The molecule has 0 saturated heterocycles. The maximum Gasteiger partial charge on any atom is 0.259 e. The van der Waals surface area contributed by atoms with Crippen molar-refractivity contribution >= 4 is 27.7 Å². The molecule has 1 aromatic carbocycles. The maximum atomic E-state index is 13.6. The highest BCUT2D eigenvalue weighted by Gasteiger charge is 2.13. The Balaban J connectivity index is 2.16. The summed E-state index contributed by atoms with van der Waals surface area (Å²) in [7, 11) is 0. The Kier molecular flexibility index (Phi) is 3.76. The highest BCUT2D eigenvalue weighted by atomic mass is 79.9. The average Bonchev–Trinajstić information content (AvgIpc) is 2.76. The fourth-order valence-corrected chi connectivity index (χ4v) is 1.80. The zero-order valence-corrected chi connectivity index (χ0v) is 11.2. The Bertz CT molecular complexity index is 582. The lowest BCUT2D eigenvalue weighted by Crippen LogP contribution is -2.13. The summed E-state index contributed by atoms with van der Waals surface area (Å²) < 4.78 is 14.1. The molecule has 0 radical (unpaired) electrons. The Labute approximate surface area is 112 Å². The van der Waals surface area contributed by atoms with Gasteiger partial charge in [-0.25, -0.2) is 4.39 Å². The van der Waals surface area contributed by atoms with Gasteiger partial charge in [0, 0.05) is 16.2 Å². The first-order chi connectivity index (χ1) is 8.60. The minimum atomic E-state index is -0.576. The lowest BCUT2D eigenvalue weighted by molar-refractivity contribution is 0.102. The zero-order valence-electron chi connectivity index (χ0n) is 9.63. The minimum Gasteiger partial charge on any atom is -0.305 e. The van der Waals surface area contributed by atoms with Crippen LogP contribution < -0.4 is 5.32 Å². The van der Waals surface area contributed by atoms with E-state index in [1.165, 1.54) is 12.1 Å². The molecule has 18 heavy (non-hydrogen) atoms. The maximum absolute atomic E-state index is 13.6. The molecule has 0 aliphatic rings. The van der Waals surface area contributed by atoms with Gasteiger partial charge in [0.1, 0.15) is 5.82 Å². The van der Waals surface area contributed by atoms with Crippen LogP contribution in [0.5, 0.6) is 0 Å². The zero-order chi connectivity index (χ0) is 13.1. The molecular formula is C12H11BrFN3O. The van der Waals surface area contributed by atoms with Gasteiger partial charge in [-0.05, 0) is 24.6 Å². The van der Waals surface area contributed by atoms with Crippen LogP contribution in [0.1, 0.15) is 23.0 Å². The molecule has 0 fully saturated rings. The molecule has 2 N–H and O–H groups in total. The number of hydrogen-bond acceptors (Lipinski definition) is 2. The average molecular weight is 312 g/mol. The van der Waals surface area contributed by atoms with Gasteiger partial charge in [-0.2, -0.15) is 5.10 Å². The number of aryl methyl sites for hydroxylation is 1. The van der Waals surface area contributed by atoms with E-state index in [1.54, 1.807) is 12.1 Å². The van der Waals surface area contributed by atoms with Gasteiger partial charge < -0.3 is 5.32 Å².